The second-order valence-electron chi connectivity index (χ2n) is 11.8. The molecule has 1 aromatic carbocycles. The maximum Gasteiger partial charge on any atom is 0.337 e. The number of ketones is 1. The van der Waals surface area contributed by atoms with E-state index in [9.17, 15) is 44.4 Å². The van der Waals surface area contributed by atoms with Crippen LogP contribution in [0.2, 0.25) is 0 Å². The number of carboxylic acid groups (broad SMARTS) is 3. The summed E-state index contributed by atoms with van der Waals surface area (Å²) in [5, 5.41) is 42.0. The Kier molecular flexibility index (Phi) is 19.9. The molecule has 1 amide bonds. The third-order valence-electron chi connectivity index (χ3n) is 7.80. The van der Waals surface area contributed by atoms with Crippen molar-refractivity contribution in [2.24, 2.45) is 5.92 Å². The smallest absolute Gasteiger partial charge is 0.337 e. The van der Waals surface area contributed by atoms with E-state index >= 15 is 0 Å². The first-order valence-electron chi connectivity index (χ1n) is 16.5. The summed E-state index contributed by atoms with van der Waals surface area (Å²) in [4.78, 5) is 60.8. The topological polar surface area (TPSA) is 188 Å². The molecule has 0 bridgehead atoms. The summed E-state index contributed by atoms with van der Waals surface area (Å²) in [5.74, 6) is -7.05. The Morgan fingerprint density at radius 3 is 1.96 bits per heavy atom. The number of unbranched alkanes of at least 4 members (excludes halogenated alkanes) is 9. The lowest BCUT2D eigenvalue weighted by Crippen LogP contribution is -2.55. The number of benzene rings is 1. The quantitative estimate of drug-likeness (QED) is 0.0584. The zero-order valence-electron chi connectivity index (χ0n) is 27.4. The van der Waals surface area contributed by atoms with Gasteiger partial charge in [-0.3, -0.25) is 14.4 Å². The molecule has 0 unspecified atom stereocenters. The van der Waals surface area contributed by atoms with Gasteiger partial charge in [0, 0.05) is 19.3 Å². The van der Waals surface area contributed by atoms with E-state index in [2.05, 4.69) is 12.2 Å². The first kappa shape index (κ1) is 40.3. The van der Waals surface area contributed by atoms with Gasteiger partial charge >= 0.3 is 17.9 Å². The lowest BCUT2D eigenvalue weighted by atomic mass is 9.82. The van der Waals surface area contributed by atoms with Gasteiger partial charge < -0.3 is 30.5 Å². The highest BCUT2D eigenvalue weighted by atomic mass is 16.5. The normalized spacial score (nSPS) is 13.9. The molecule has 11 heteroatoms. The van der Waals surface area contributed by atoms with Crippen molar-refractivity contribution >= 4 is 29.6 Å². The molecular weight excluding hydrogens is 594 g/mol. The second kappa shape index (κ2) is 22.7. The Morgan fingerprint density at radius 1 is 0.826 bits per heavy atom. The average Bonchev–Trinajstić information content (AvgIpc) is 3.00. The zero-order chi connectivity index (χ0) is 34.4. The summed E-state index contributed by atoms with van der Waals surface area (Å²) in [5.41, 5.74) is -2.44. The molecule has 0 saturated heterocycles. The fourth-order valence-corrected chi connectivity index (χ4v) is 4.99. The third-order valence-corrected chi connectivity index (χ3v) is 7.80. The highest BCUT2D eigenvalue weighted by Crippen LogP contribution is 2.26. The number of amides is 1. The maximum atomic E-state index is 13.3. The molecule has 0 aromatic heterocycles. The number of aliphatic hydroxyl groups is 1. The van der Waals surface area contributed by atoms with E-state index < -0.39 is 47.8 Å². The Hall–Kier alpha value is -3.73. The first-order valence-corrected chi connectivity index (χ1v) is 16.5. The Bertz CT molecular complexity index is 1120. The first-order chi connectivity index (χ1) is 21.9. The van der Waals surface area contributed by atoms with Crippen LogP contribution in [-0.4, -0.2) is 68.3 Å². The van der Waals surface area contributed by atoms with Gasteiger partial charge in [-0.25, -0.2) is 9.59 Å². The highest BCUT2D eigenvalue weighted by molar-refractivity contribution is 5.94. The largest absolute Gasteiger partial charge is 0.494 e. The molecule has 5 N–H and O–H groups in total. The molecule has 0 spiro atoms. The number of allylic oxidation sites excluding steroid dienone is 1. The predicted octanol–water partition coefficient (Wildman–Crippen LogP) is 5.71. The number of ether oxygens (including phenoxy) is 1. The summed E-state index contributed by atoms with van der Waals surface area (Å²) >= 11 is 0. The zero-order valence-corrected chi connectivity index (χ0v) is 27.4. The van der Waals surface area contributed by atoms with Crippen molar-refractivity contribution in [1.82, 2.24) is 5.32 Å². The average molecular weight is 648 g/mol. The minimum Gasteiger partial charge on any atom is -0.494 e. The summed E-state index contributed by atoms with van der Waals surface area (Å²) in [7, 11) is 0. The van der Waals surface area contributed by atoms with Crippen LogP contribution in [0.1, 0.15) is 116 Å². The van der Waals surface area contributed by atoms with Gasteiger partial charge in [0.2, 0.25) is 5.91 Å². The van der Waals surface area contributed by atoms with E-state index in [-0.39, 0.29) is 12.2 Å². The molecule has 0 aliphatic heterocycles. The minimum absolute atomic E-state index is 0.140. The molecule has 0 radical (unpaired) electrons. The van der Waals surface area contributed by atoms with Crippen LogP contribution in [0, 0.1) is 5.92 Å². The van der Waals surface area contributed by atoms with Gasteiger partial charge in [-0.15, -0.1) is 0 Å². The van der Waals surface area contributed by atoms with E-state index in [0.29, 0.717) is 43.6 Å². The van der Waals surface area contributed by atoms with E-state index in [1.165, 1.54) is 12.5 Å². The molecule has 3 atom stereocenters. The predicted molar refractivity (Wildman–Crippen MR) is 174 cm³/mol. The van der Waals surface area contributed by atoms with Gasteiger partial charge in [0.25, 0.3) is 0 Å². The van der Waals surface area contributed by atoms with Crippen molar-refractivity contribution in [2.45, 2.75) is 128 Å². The molecule has 1 aromatic rings. The Morgan fingerprint density at radius 2 is 1.41 bits per heavy atom. The molecule has 0 heterocycles. The van der Waals surface area contributed by atoms with E-state index in [0.717, 1.165) is 63.9 Å². The van der Waals surface area contributed by atoms with Gasteiger partial charge in [0.05, 0.1) is 18.9 Å². The Labute approximate surface area is 272 Å². The van der Waals surface area contributed by atoms with Crippen molar-refractivity contribution in [3.63, 3.8) is 0 Å². The number of Topliss-reactive ketones (excluding diaryl/α,β-unsaturated/α-hetero) is 1. The van der Waals surface area contributed by atoms with Crippen LogP contribution in [0.4, 0.5) is 0 Å². The van der Waals surface area contributed by atoms with Crippen LogP contribution >= 0.6 is 0 Å². The lowest BCUT2D eigenvalue weighted by molar-refractivity contribution is -0.172. The number of carbonyl (C=O) groups excluding carboxylic acids is 2. The molecule has 0 aliphatic rings. The summed E-state index contributed by atoms with van der Waals surface area (Å²) in [6, 6.07) is 5.20. The number of aliphatic carboxylic acids is 3. The van der Waals surface area contributed by atoms with Gasteiger partial charge in [0.15, 0.2) is 5.60 Å². The van der Waals surface area contributed by atoms with Crippen LogP contribution in [0.5, 0.6) is 5.75 Å². The summed E-state index contributed by atoms with van der Waals surface area (Å²) in [6.45, 7) is 4.73. The van der Waals surface area contributed by atoms with E-state index in [4.69, 9.17) is 4.74 Å². The molecule has 0 fully saturated rings. The number of rotatable bonds is 27. The van der Waals surface area contributed by atoms with Crippen LogP contribution in [0.15, 0.2) is 36.4 Å². The maximum absolute atomic E-state index is 13.3. The number of hydrogen-bond donors (Lipinski definition) is 5. The summed E-state index contributed by atoms with van der Waals surface area (Å²) < 4.78 is 5.61. The molecule has 1 rings (SSSR count). The van der Waals surface area contributed by atoms with Crippen molar-refractivity contribution < 1.29 is 49.1 Å². The number of hydrogen-bond acceptors (Lipinski definition) is 7. The Balaban J connectivity index is 2.81. The molecular formula is C35H53NO10. The van der Waals surface area contributed by atoms with E-state index in [1.54, 1.807) is 24.3 Å². The van der Waals surface area contributed by atoms with Gasteiger partial charge in [-0.1, -0.05) is 83.1 Å². The lowest BCUT2D eigenvalue weighted by Gasteiger charge is -2.29. The van der Waals surface area contributed by atoms with Crippen molar-refractivity contribution in [1.29, 1.82) is 0 Å². The van der Waals surface area contributed by atoms with Crippen molar-refractivity contribution in [3.8, 4) is 5.75 Å². The van der Waals surface area contributed by atoms with Crippen molar-refractivity contribution in [3.05, 3.63) is 42.0 Å². The highest BCUT2D eigenvalue weighted by Gasteiger charge is 2.49. The molecule has 258 valence electrons. The third kappa shape index (κ3) is 16.0. The van der Waals surface area contributed by atoms with Gasteiger partial charge in [-0.2, -0.15) is 0 Å². The van der Waals surface area contributed by atoms with Crippen LogP contribution in [-0.2, 0) is 30.4 Å². The van der Waals surface area contributed by atoms with Crippen molar-refractivity contribution in [2.75, 3.05) is 6.61 Å². The summed E-state index contributed by atoms with van der Waals surface area (Å²) in [6.07, 6.45) is 13.2. The fourth-order valence-electron chi connectivity index (χ4n) is 4.99. The van der Waals surface area contributed by atoms with Crippen LogP contribution in [0.25, 0.3) is 0 Å². The molecule has 11 nitrogen and oxygen atoms in total. The van der Waals surface area contributed by atoms with Gasteiger partial charge in [0.1, 0.15) is 17.6 Å². The molecule has 46 heavy (non-hydrogen) atoms. The number of carboxylic acids is 3. The molecule has 0 saturated carbocycles. The second-order valence-corrected chi connectivity index (χ2v) is 11.8. The standard InChI is InChI=1S/C35H53NO10/c1-3-5-7-10-13-16-27(37)17-14-11-8-9-12-15-18-29(35(45,34(43)44)25-31(38)39)32(40)36-30(33(41)42)24-26-19-21-28(22-20-26)46-23-6-4-2/h15,18-22,29-30,45H,3-14,16-17,23-25H2,1-2H3,(H,36,40)(H,38,39)(H,41,42)(H,43,44)/b18-15+/t29-,30-,35-/m0/s1. The minimum atomic E-state index is -3.01. The SMILES string of the molecule is CCCCCCCC(=O)CCCCCC/C=C/[C@@H](C(=O)N[C@@H](Cc1ccc(OCCCC)cc1)C(=O)O)[C@@](O)(CC(=O)O)C(=O)O. The van der Waals surface area contributed by atoms with Crippen LogP contribution in [0.3, 0.4) is 0 Å². The van der Waals surface area contributed by atoms with Gasteiger partial charge in [-0.05, 0) is 49.8 Å². The molecule has 0 aliphatic carbocycles. The monoisotopic (exact) mass is 647 g/mol. The number of carbonyl (C=O) groups is 5. The fraction of sp³-hybridized carbons (Fsp3) is 0.629. The van der Waals surface area contributed by atoms with E-state index in [1.807, 2.05) is 6.92 Å². The van der Waals surface area contributed by atoms with Crippen LogP contribution < -0.4 is 10.1 Å². The number of nitrogens with one attached hydrogen (secondary N) is 1.